The molecule has 0 aromatic heterocycles. The van der Waals surface area contributed by atoms with Gasteiger partial charge in [-0.1, -0.05) is 58.3 Å². The van der Waals surface area contributed by atoms with E-state index in [1.807, 2.05) is 0 Å². The molecular formula is C21H33NO6. The first-order valence-corrected chi connectivity index (χ1v) is 9.89. The number of ether oxygens (including phenoxy) is 3. The van der Waals surface area contributed by atoms with Crippen LogP contribution in [-0.2, 0) is 16.1 Å². The normalized spacial score (nSPS) is 12.1. The number of hydrogen-bond acceptors (Lipinski definition) is 6. The van der Waals surface area contributed by atoms with Crippen LogP contribution in [0.5, 0.6) is 11.5 Å². The molecule has 7 nitrogen and oxygen atoms in total. The van der Waals surface area contributed by atoms with Crippen molar-refractivity contribution in [3.63, 3.8) is 0 Å². The first-order valence-electron chi connectivity index (χ1n) is 10.9. The Hall–Kier alpha value is -2.31. The Kier molecular flexibility index (Phi) is 10.1. The van der Waals surface area contributed by atoms with E-state index in [0.29, 0.717) is 6.42 Å². The lowest BCUT2D eigenvalue weighted by Crippen LogP contribution is -2.07. The van der Waals surface area contributed by atoms with E-state index in [4.69, 9.17) is 17.0 Å². The molecule has 0 saturated carbocycles. The quantitative estimate of drug-likeness (QED) is 0.166. The molecule has 1 aromatic rings. The topological polar surface area (TPSA) is 87.9 Å². The maximum atomic E-state index is 12.1. The van der Waals surface area contributed by atoms with Gasteiger partial charge in [-0.15, -0.1) is 0 Å². The highest BCUT2D eigenvalue weighted by molar-refractivity contribution is 5.69. The Morgan fingerprint density at radius 1 is 1.00 bits per heavy atom. The number of rotatable bonds is 15. The molecule has 28 heavy (non-hydrogen) atoms. The van der Waals surface area contributed by atoms with Crippen LogP contribution in [0.3, 0.4) is 0 Å². The van der Waals surface area contributed by atoms with Crippen molar-refractivity contribution in [1.82, 2.24) is 0 Å². The summed E-state index contributed by atoms with van der Waals surface area (Å²) in [5.41, 5.74) is -0.945. The van der Waals surface area contributed by atoms with E-state index in [2.05, 4.69) is 6.92 Å². The number of nitro benzene ring substituents is 1. The fraction of sp³-hybridized carbons (Fsp3) is 0.667. The van der Waals surface area contributed by atoms with Gasteiger partial charge in [-0.25, -0.2) is 0 Å². The van der Waals surface area contributed by atoms with Gasteiger partial charge in [-0.2, -0.15) is 0 Å². The van der Waals surface area contributed by atoms with E-state index >= 15 is 0 Å². The molecule has 0 saturated heterocycles. The summed E-state index contributed by atoms with van der Waals surface area (Å²) in [7, 11) is 2.65. The molecule has 0 aliphatic heterocycles. The summed E-state index contributed by atoms with van der Waals surface area (Å²) >= 11 is 0. The zero-order valence-electron chi connectivity index (χ0n) is 19.1. The minimum absolute atomic E-state index is 0.0659. The number of carbonyl (C=O) groups excluding carboxylic acids is 1. The van der Waals surface area contributed by atoms with Crippen molar-refractivity contribution < 1.29 is 26.7 Å². The molecule has 0 spiro atoms. The third-order valence-electron chi connectivity index (χ3n) is 4.46. The molecular weight excluding hydrogens is 362 g/mol. The summed E-state index contributed by atoms with van der Waals surface area (Å²) in [6.07, 6.45) is 9.85. The molecule has 0 fully saturated rings. The van der Waals surface area contributed by atoms with Gasteiger partial charge < -0.3 is 14.2 Å². The van der Waals surface area contributed by atoms with Crippen LogP contribution in [0.15, 0.2) is 12.1 Å². The van der Waals surface area contributed by atoms with Crippen molar-refractivity contribution in [2.45, 2.75) is 77.7 Å². The molecule has 0 heterocycles. The van der Waals surface area contributed by atoms with Crippen LogP contribution >= 0.6 is 0 Å². The van der Waals surface area contributed by atoms with Crippen LogP contribution in [0.25, 0.3) is 0 Å². The van der Waals surface area contributed by atoms with Crippen molar-refractivity contribution in [3.8, 4) is 11.5 Å². The van der Waals surface area contributed by atoms with Gasteiger partial charge in [-0.3, -0.25) is 14.9 Å². The molecule has 0 amide bonds. The van der Waals surface area contributed by atoms with Crippen molar-refractivity contribution >= 4 is 11.7 Å². The van der Waals surface area contributed by atoms with Gasteiger partial charge in [0.25, 0.3) is 5.69 Å². The lowest BCUT2D eigenvalue weighted by Gasteiger charge is -2.11. The van der Waals surface area contributed by atoms with E-state index in [-0.39, 0.29) is 17.9 Å². The molecule has 0 aliphatic rings. The van der Waals surface area contributed by atoms with Crippen LogP contribution in [0.2, 0.25) is 0 Å². The summed E-state index contributed by atoms with van der Waals surface area (Å²) in [6, 6.07) is 2.18. The van der Waals surface area contributed by atoms with E-state index < -0.39 is 28.7 Å². The standard InChI is InChI=1S/C21H33NO6/c1-4-5-6-7-8-9-10-11-12-13-21(23)28-16-17-14-19(26-2)20(27-3)15-18(17)22(24)25/h14-15H,4-13,16H2,1-3H3/i16D2. The van der Waals surface area contributed by atoms with Crippen LogP contribution < -0.4 is 9.47 Å². The number of benzene rings is 1. The van der Waals surface area contributed by atoms with Crippen LogP contribution in [-0.4, -0.2) is 25.1 Å². The fourth-order valence-electron chi connectivity index (χ4n) is 2.84. The van der Waals surface area contributed by atoms with Crippen molar-refractivity contribution in [3.05, 3.63) is 27.8 Å². The minimum atomic E-state index is -2.67. The van der Waals surface area contributed by atoms with Gasteiger partial charge in [0, 0.05) is 6.42 Å². The number of esters is 1. The Bertz CT molecular complexity index is 696. The number of methoxy groups -OCH3 is 2. The average molecular weight is 398 g/mol. The van der Waals surface area contributed by atoms with Crippen LogP contribution in [0, 0.1) is 10.1 Å². The molecule has 1 aromatic carbocycles. The zero-order chi connectivity index (χ0) is 22.6. The third-order valence-corrected chi connectivity index (χ3v) is 4.46. The highest BCUT2D eigenvalue weighted by atomic mass is 16.6. The molecule has 7 heteroatoms. The molecule has 0 radical (unpaired) electrons. The summed E-state index contributed by atoms with van der Waals surface area (Å²) in [5.74, 6) is -0.534. The number of nitrogens with zero attached hydrogens (tertiary/aromatic N) is 1. The van der Waals surface area contributed by atoms with Gasteiger partial charge >= 0.3 is 5.97 Å². The Morgan fingerprint density at radius 2 is 1.54 bits per heavy atom. The molecule has 0 atom stereocenters. The largest absolute Gasteiger partial charge is 0.493 e. The maximum absolute atomic E-state index is 12.1. The number of hydrogen-bond donors (Lipinski definition) is 0. The lowest BCUT2D eigenvalue weighted by molar-refractivity contribution is -0.385. The Morgan fingerprint density at radius 3 is 2.07 bits per heavy atom. The predicted molar refractivity (Wildman–Crippen MR) is 108 cm³/mol. The summed E-state index contributed by atoms with van der Waals surface area (Å²) in [6.45, 7) is -0.483. The molecule has 0 unspecified atom stereocenters. The second kappa shape index (κ2) is 13.8. The van der Waals surface area contributed by atoms with Crippen molar-refractivity contribution in [1.29, 1.82) is 0 Å². The highest BCUT2D eigenvalue weighted by Crippen LogP contribution is 2.34. The van der Waals surface area contributed by atoms with E-state index in [1.165, 1.54) is 46.3 Å². The molecule has 1 rings (SSSR count). The van der Waals surface area contributed by atoms with E-state index in [1.54, 1.807) is 0 Å². The second-order valence-electron chi connectivity index (χ2n) is 6.64. The van der Waals surface area contributed by atoms with Gasteiger partial charge in [0.1, 0.15) is 6.56 Å². The van der Waals surface area contributed by atoms with Crippen LogP contribution in [0.1, 0.15) is 79.4 Å². The first kappa shape index (κ1) is 20.4. The number of carbonyl (C=O) groups is 1. The molecule has 0 N–H and O–H groups in total. The Balaban J connectivity index is 2.61. The van der Waals surface area contributed by atoms with Gasteiger partial charge in [0.2, 0.25) is 0 Å². The first-order chi connectivity index (χ1) is 14.3. The monoisotopic (exact) mass is 397 g/mol. The molecule has 0 bridgehead atoms. The predicted octanol–water partition coefficient (Wildman–Crippen LogP) is 5.58. The van der Waals surface area contributed by atoms with Gasteiger partial charge in [0.05, 0.1) is 33.5 Å². The van der Waals surface area contributed by atoms with Gasteiger partial charge in [-0.05, 0) is 12.5 Å². The molecule has 0 aliphatic carbocycles. The summed E-state index contributed by atoms with van der Waals surface area (Å²) in [5, 5.41) is 11.4. The maximum Gasteiger partial charge on any atom is 0.306 e. The fourth-order valence-corrected chi connectivity index (χ4v) is 2.84. The third kappa shape index (κ3) is 8.59. The van der Waals surface area contributed by atoms with Gasteiger partial charge in [0.15, 0.2) is 11.5 Å². The highest BCUT2D eigenvalue weighted by Gasteiger charge is 2.20. The minimum Gasteiger partial charge on any atom is -0.493 e. The second-order valence-corrected chi connectivity index (χ2v) is 6.64. The smallest absolute Gasteiger partial charge is 0.306 e. The average Bonchev–Trinajstić information content (AvgIpc) is 2.70. The molecule has 158 valence electrons. The van der Waals surface area contributed by atoms with E-state index in [9.17, 15) is 14.9 Å². The Labute approximate surface area is 170 Å². The van der Waals surface area contributed by atoms with E-state index in [0.717, 1.165) is 31.4 Å². The number of unbranched alkanes of at least 4 members (excludes halogenated alkanes) is 8. The number of nitro groups is 1. The van der Waals surface area contributed by atoms with Crippen LogP contribution in [0.4, 0.5) is 5.69 Å². The lowest BCUT2D eigenvalue weighted by atomic mass is 10.1. The zero-order valence-corrected chi connectivity index (χ0v) is 17.1. The summed E-state index contributed by atoms with van der Waals surface area (Å²) in [4.78, 5) is 22.7. The van der Waals surface area contributed by atoms with Crippen molar-refractivity contribution in [2.75, 3.05) is 14.2 Å². The van der Waals surface area contributed by atoms with Crippen molar-refractivity contribution in [2.24, 2.45) is 0 Å². The summed E-state index contributed by atoms with van der Waals surface area (Å²) < 4.78 is 31.2. The SMILES string of the molecule is [2H]C([2H])(OC(=O)CCCCCCCCCCC)c1cc(OC)c(OC)cc1[N+](=O)[O-].